The first-order valence-corrected chi connectivity index (χ1v) is 11.2. The first-order chi connectivity index (χ1) is 15.5. The summed E-state index contributed by atoms with van der Waals surface area (Å²) in [7, 11) is 0. The fraction of sp³-hybridized carbons (Fsp3) is 0.565. The lowest BCUT2D eigenvalue weighted by Gasteiger charge is -2.37. The van der Waals surface area contributed by atoms with Crippen molar-refractivity contribution in [1.29, 1.82) is 0 Å². The maximum Gasteiger partial charge on any atom is 0.229 e. The zero-order valence-corrected chi connectivity index (χ0v) is 19.2. The van der Waals surface area contributed by atoms with Gasteiger partial charge in [0.1, 0.15) is 5.82 Å². The Morgan fingerprint density at radius 1 is 1.09 bits per heavy atom. The van der Waals surface area contributed by atoms with Gasteiger partial charge in [-0.15, -0.1) is 0 Å². The van der Waals surface area contributed by atoms with E-state index in [0.29, 0.717) is 55.9 Å². The highest BCUT2D eigenvalue weighted by Crippen LogP contribution is 2.30. The number of ether oxygens (including phenoxy) is 3. The molecule has 172 valence electrons. The van der Waals surface area contributed by atoms with Crippen LogP contribution in [0.2, 0.25) is 0 Å². The number of aldehydes is 1. The van der Waals surface area contributed by atoms with E-state index in [2.05, 4.69) is 23.6 Å². The van der Waals surface area contributed by atoms with Crippen LogP contribution in [0.5, 0.6) is 0 Å². The second-order valence-corrected chi connectivity index (χ2v) is 8.19. The van der Waals surface area contributed by atoms with E-state index in [4.69, 9.17) is 29.2 Å². The van der Waals surface area contributed by atoms with Crippen LogP contribution in [0.1, 0.15) is 33.4 Å². The fourth-order valence-electron chi connectivity index (χ4n) is 4.12. The van der Waals surface area contributed by atoms with Crippen LogP contribution < -0.4 is 9.80 Å². The Bertz CT molecular complexity index is 1010. The van der Waals surface area contributed by atoms with E-state index in [-0.39, 0.29) is 17.8 Å². The maximum atomic E-state index is 11.5. The maximum absolute atomic E-state index is 11.5. The van der Waals surface area contributed by atoms with Crippen molar-refractivity contribution in [2.24, 2.45) is 0 Å². The molecule has 0 unspecified atom stereocenters. The summed E-state index contributed by atoms with van der Waals surface area (Å²) >= 11 is 0. The summed E-state index contributed by atoms with van der Waals surface area (Å²) in [5.41, 5.74) is 1.94. The quantitative estimate of drug-likeness (QED) is 0.381. The van der Waals surface area contributed by atoms with Gasteiger partial charge in [-0.1, -0.05) is 0 Å². The number of carbonyl (C=O) groups excluding carboxylic acids is 1. The second kappa shape index (κ2) is 9.79. The zero-order chi connectivity index (χ0) is 22.7. The van der Waals surface area contributed by atoms with Crippen molar-refractivity contribution < 1.29 is 19.0 Å². The molecule has 4 rings (SSSR count). The summed E-state index contributed by atoms with van der Waals surface area (Å²) in [6.07, 6.45) is 0.729. The molecule has 2 aromatic heterocycles. The first kappa shape index (κ1) is 22.4. The molecule has 0 bridgehead atoms. The lowest BCUT2D eigenvalue weighted by atomic mass is 10.1. The van der Waals surface area contributed by atoms with Crippen LogP contribution in [0.3, 0.4) is 0 Å². The Labute approximate surface area is 188 Å². The molecular weight excluding hydrogens is 410 g/mol. The molecule has 0 radical (unpaired) electrons. The molecular formula is C23H31N5O4. The van der Waals surface area contributed by atoms with Crippen LogP contribution in [-0.4, -0.2) is 79.4 Å². The fourth-order valence-corrected chi connectivity index (χ4v) is 4.12. The minimum Gasteiger partial charge on any atom is -0.490 e. The molecule has 9 heteroatoms. The minimum atomic E-state index is 0.167. The number of pyridine rings is 1. The van der Waals surface area contributed by atoms with Crippen molar-refractivity contribution in [2.45, 2.75) is 39.8 Å². The van der Waals surface area contributed by atoms with Crippen molar-refractivity contribution in [3.63, 3.8) is 0 Å². The summed E-state index contributed by atoms with van der Waals surface area (Å²) in [6, 6.07) is 4.24. The minimum absolute atomic E-state index is 0.167. The number of aromatic nitrogens is 3. The lowest BCUT2D eigenvalue weighted by Crippen LogP contribution is -2.46. The molecule has 2 aliphatic heterocycles. The van der Waals surface area contributed by atoms with Gasteiger partial charge < -0.3 is 24.0 Å². The molecule has 0 amide bonds. The molecule has 0 aromatic carbocycles. The number of rotatable bonds is 6. The largest absolute Gasteiger partial charge is 0.490 e. The molecule has 9 nitrogen and oxygen atoms in total. The summed E-state index contributed by atoms with van der Waals surface area (Å²) in [5, 5.41) is 0.879. The van der Waals surface area contributed by atoms with Gasteiger partial charge in [0.25, 0.3) is 0 Å². The number of hydrogen-bond acceptors (Lipinski definition) is 9. The first-order valence-electron chi connectivity index (χ1n) is 11.2. The van der Waals surface area contributed by atoms with Crippen molar-refractivity contribution in [2.75, 3.05) is 55.9 Å². The number of morpholine rings is 2. The van der Waals surface area contributed by atoms with Crippen LogP contribution in [-0.2, 0) is 19.0 Å². The van der Waals surface area contributed by atoms with Crippen LogP contribution in [0.25, 0.3) is 16.6 Å². The topological polar surface area (TPSA) is 89.9 Å². The molecule has 0 aliphatic carbocycles. The molecule has 32 heavy (non-hydrogen) atoms. The monoisotopic (exact) mass is 441 g/mol. The van der Waals surface area contributed by atoms with Gasteiger partial charge >= 0.3 is 0 Å². The average Bonchev–Trinajstić information content (AvgIpc) is 2.81. The third-order valence-electron chi connectivity index (χ3n) is 5.95. The van der Waals surface area contributed by atoms with E-state index in [1.807, 2.05) is 26.0 Å². The van der Waals surface area contributed by atoms with E-state index in [1.54, 1.807) is 0 Å². The number of anilines is 2. The summed E-state index contributed by atoms with van der Waals surface area (Å²) in [4.78, 5) is 30.6. The zero-order valence-electron chi connectivity index (χ0n) is 19.2. The number of allylic oxidation sites excluding steroid dienone is 2. The molecule has 2 fully saturated rings. The Balaban J connectivity index is 1.86. The Kier molecular flexibility index (Phi) is 6.86. The highest BCUT2D eigenvalue weighted by atomic mass is 16.5. The smallest absolute Gasteiger partial charge is 0.229 e. The predicted octanol–water partition coefficient (Wildman–Crippen LogP) is 2.44. The molecule has 2 aromatic rings. The summed E-state index contributed by atoms with van der Waals surface area (Å²) in [5.74, 6) is 1.80. The standard InChI is InChI=1S/C23H31N5O4/c1-5-32-20(12-29)17(4)19-7-6-18-21(24-19)25-23(28-9-11-31-14-16(28)3)26-22(18)27-8-10-30-13-15(27)2/h6-7,12,15-16H,5,8-11,13-14H2,1-4H3/b20-17+/t15-,16-/m0/s1. The third-order valence-corrected chi connectivity index (χ3v) is 5.95. The van der Waals surface area contributed by atoms with Gasteiger partial charge in [0.15, 0.2) is 17.7 Å². The second-order valence-electron chi connectivity index (χ2n) is 8.19. The van der Waals surface area contributed by atoms with Crippen LogP contribution >= 0.6 is 0 Å². The normalized spacial score (nSPS) is 22.6. The molecule has 2 atom stereocenters. The number of fused-ring (bicyclic) bond motifs is 1. The molecule has 2 aliphatic rings. The predicted molar refractivity (Wildman–Crippen MR) is 123 cm³/mol. The number of hydrogen-bond donors (Lipinski definition) is 0. The molecule has 2 saturated heterocycles. The van der Waals surface area contributed by atoms with E-state index in [1.165, 1.54) is 0 Å². The van der Waals surface area contributed by atoms with Gasteiger partial charge in [-0.05, 0) is 39.8 Å². The van der Waals surface area contributed by atoms with Crippen molar-refractivity contribution >= 4 is 34.7 Å². The Hall–Kier alpha value is -2.78. The molecule has 0 saturated carbocycles. The highest BCUT2D eigenvalue weighted by molar-refractivity contribution is 5.91. The molecule has 0 N–H and O–H groups in total. The van der Waals surface area contributed by atoms with Gasteiger partial charge in [-0.25, -0.2) is 4.98 Å². The van der Waals surface area contributed by atoms with E-state index in [9.17, 15) is 4.79 Å². The van der Waals surface area contributed by atoms with Crippen LogP contribution in [0, 0.1) is 0 Å². The average molecular weight is 442 g/mol. The summed E-state index contributed by atoms with van der Waals surface area (Å²) < 4.78 is 16.7. The van der Waals surface area contributed by atoms with Crippen LogP contribution in [0.15, 0.2) is 17.9 Å². The van der Waals surface area contributed by atoms with Crippen molar-refractivity contribution in [3.05, 3.63) is 23.6 Å². The molecule has 0 spiro atoms. The van der Waals surface area contributed by atoms with Crippen molar-refractivity contribution in [1.82, 2.24) is 15.0 Å². The van der Waals surface area contributed by atoms with Gasteiger partial charge in [-0.2, -0.15) is 9.97 Å². The van der Waals surface area contributed by atoms with Crippen LogP contribution in [0.4, 0.5) is 11.8 Å². The third kappa shape index (κ3) is 4.40. The van der Waals surface area contributed by atoms with Gasteiger partial charge in [0.05, 0.1) is 56.2 Å². The van der Waals surface area contributed by atoms with Gasteiger partial charge in [0.2, 0.25) is 5.95 Å². The van der Waals surface area contributed by atoms with E-state index >= 15 is 0 Å². The molecule has 4 heterocycles. The van der Waals surface area contributed by atoms with Gasteiger partial charge in [0, 0.05) is 18.7 Å². The summed E-state index contributed by atoms with van der Waals surface area (Å²) in [6.45, 7) is 12.4. The SMILES string of the molecule is CCO/C(C=O)=C(\C)c1ccc2c(N3CCOC[C@@H]3C)nc(N3CCOC[C@@H]3C)nc2n1. The van der Waals surface area contributed by atoms with Crippen molar-refractivity contribution in [3.8, 4) is 0 Å². The Morgan fingerprint density at radius 2 is 1.78 bits per heavy atom. The number of carbonyl (C=O) groups is 1. The van der Waals surface area contributed by atoms with Gasteiger partial charge in [-0.3, -0.25) is 4.79 Å². The number of nitrogens with zero attached hydrogens (tertiary/aromatic N) is 5. The lowest BCUT2D eigenvalue weighted by molar-refractivity contribution is -0.107. The Morgan fingerprint density at radius 3 is 2.41 bits per heavy atom. The highest BCUT2D eigenvalue weighted by Gasteiger charge is 2.27. The van der Waals surface area contributed by atoms with E-state index in [0.717, 1.165) is 30.6 Å². The van der Waals surface area contributed by atoms with E-state index < -0.39 is 0 Å².